The molecule has 7 nitrogen and oxygen atoms in total. The van der Waals surface area contributed by atoms with Crippen molar-refractivity contribution in [2.75, 3.05) is 5.73 Å². The van der Waals surface area contributed by atoms with E-state index in [1.165, 1.54) is 5.56 Å². The lowest BCUT2D eigenvalue weighted by Crippen LogP contribution is -2.44. The Labute approximate surface area is 178 Å². The van der Waals surface area contributed by atoms with Crippen molar-refractivity contribution in [2.45, 2.75) is 57.8 Å². The molecule has 4 heterocycles. The first-order chi connectivity index (χ1) is 14.8. The minimum Gasteiger partial charge on any atom is -0.458 e. The zero-order valence-corrected chi connectivity index (χ0v) is 17.5. The number of fused-ring (bicyclic) bond motifs is 5. The highest BCUT2D eigenvalue weighted by Gasteiger charge is 2.45. The predicted molar refractivity (Wildman–Crippen MR) is 116 cm³/mol. The second kappa shape index (κ2) is 5.95. The van der Waals surface area contributed by atoms with Gasteiger partial charge >= 0.3 is 5.97 Å². The Bertz CT molecular complexity index is 1390. The van der Waals surface area contributed by atoms with Crippen molar-refractivity contribution in [3.05, 3.63) is 56.4 Å². The standard InChI is InChI=1S/C24H23N3O4/c1-3-24(30)15-8-18-21-13(9-27(18)22(28)14(15)10-31-23(24)29)19-11(2)4-5-12-16(25)6-7-17(26-21)20(12)19/h6-8,11,30H,3-5,9-10,25H2,1-2H3/t11-,24-/m0/s1. The Kier molecular flexibility index (Phi) is 3.56. The smallest absolute Gasteiger partial charge is 0.343 e. The Hall–Kier alpha value is -3.19. The van der Waals surface area contributed by atoms with Crippen LogP contribution < -0.4 is 11.3 Å². The van der Waals surface area contributed by atoms with Crippen molar-refractivity contribution in [3.8, 4) is 11.4 Å². The quantitative estimate of drug-likeness (QED) is 0.364. The molecule has 6 rings (SSSR count). The second-order valence-corrected chi connectivity index (χ2v) is 8.92. The number of esters is 1. The topological polar surface area (TPSA) is 107 Å². The molecule has 0 spiro atoms. The predicted octanol–water partition coefficient (Wildman–Crippen LogP) is 2.71. The third kappa shape index (κ3) is 2.19. The van der Waals surface area contributed by atoms with Gasteiger partial charge in [0.05, 0.1) is 29.0 Å². The zero-order valence-electron chi connectivity index (χ0n) is 17.5. The molecular formula is C24H23N3O4. The van der Waals surface area contributed by atoms with Gasteiger partial charge in [0.25, 0.3) is 5.56 Å². The molecule has 0 saturated carbocycles. The number of ether oxygens (including phenoxy) is 1. The molecule has 3 aromatic rings. The molecule has 0 bridgehead atoms. The minimum absolute atomic E-state index is 0.120. The fourth-order valence-corrected chi connectivity index (χ4v) is 5.61. The van der Waals surface area contributed by atoms with Gasteiger partial charge in [-0.25, -0.2) is 9.78 Å². The van der Waals surface area contributed by atoms with Crippen molar-refractivity contribution < 1.29 is 14.6 Å². The number of anilines is 1. The molecule has 3 N–H and O–H groups in total. The summed E-state index contributed by atoms with van der Waals surface area (Å²) in [6.07, 6.45) is 2.04. The third-order valence-corrected chi connectivity index (χ3v) is 7.36. The Balaban J connectivity index is 1.69. The van der Waals surface area contributed by atoms with E-state index in [4.69, 9.17) is 15.5 Å². The van der Waals surface area contributed by atoms with E-state index in [0.29, 0.717) is 29.3 Å². The van der Waals surface area contributed by atoms with Crippen LogP contribution in [0.1, 0.15) is 60.4 Å². The van der Waals surface area contributed by atoms with Crippen LogP contribution in [0.3, 0.4) is 0 Å². The maximum Gasteiger partial charge on any atom is 0.343 e. The van der Waals surface area contributed by atoms with Crippen molar-refractivity contribution in [3.63, 3.8) is 0 Å². The van der Waals surface area contributed by atoms with Crippen molar-refractivity contribution in [1.29, 1.82) is 0 Å². The number of carbonyl (C=O) groups is 1. The third-order valence-electron chi connectivity index (χ3n) is 7.36. The second-order valence-electron chi connectivity index (χ2n) is 8.92. The highest BCUT2D eigenvalue weighted by Crippen LogP contribution is 2.46. The van der Waals surface area contributed by atoms with E-state index in [2.05, 4.69) is 6.92 Å². The number of nitrogens with zero attached hydrogens (tertiary/aromatic N) is 2. The van der Waals surface area contributed by atoms with Crippen LogP contribution in [0.15, 0.2) is 23.0 Å². The molecular weight excluding hydrogens is 394 g/mol. The summed E-state index contributed by atoms with van der Waals surface area (Å²) in [5.41, 5.74) is 11.4. The molecule has 1 aliphatic carbocycles. The summed E-state index contributed by atoms with van der Waals surface area (Å²) in [6.45, 7) is 4.22. The summed E-state index contributed by atoms with van der Waals surface area (Å²) in [6, 6.07) is 5.61. The minimum atomic E-state index is -1.81. The number of aryl methyl sites for hydroxylation is 1. The number of aliphatic hydroxyl groups is 1. The maximum absolute atomic E-state index is 13.4. The van der Waals surface area contributed by atoms with Crippen LogP contribution in [0.5, 0.6) is 0 Å². The normalized spacial score (nSPS) is 23.3. The van der Waals surface area contributed by atoms with Crippen LogP contribution in [0.4, 0.5) is 5.69 Å². The number of pyridine rings is 2. The lowest BCUT2D eigenvalue weighted by Gasteiger charge is -2.31. The summed E-state index contributed by atoms with van der Waals surface area (Å²) in [4.78, 5) is 30.7. The Morgan fingerprint density at radius 2 is 2.10 bits per heavy atom. The van der Waals surface area contributed by atoms with Crippen LogP contribution >= 0.6 is 0 Å². The number of benzene rings is 1. The first kappa shape index (κ1) is 18.6. The molecule has 1 aromatic carbocycles. The molecule has 0 radical (unpaired) electrons. The highest BCUT2D eigenvalue weighted by molar-refractivity contribution is 5.95. The molecule has 0 amide bonds. The van der Waals surface area contributed by atoms with Gasteiger partial charge in [0.2, 0.25) is 0 Å². The lowest BCUT2D eigenvalue weighted by atomic mass is 9.80. The summed E-state index contributed by atoms with van der Waals surface area (Å²) in [7, 11) is 0. The van der Waals surface area contributed by atoms with Crippen molar-refractivity contribution >= 4 is 22.6 Å². The van der Waals surface area contributed by atoms with Gasteiger partial charge in [0.15, 0.2) is 5.60 Å². The van der Waals surface area contributed by atoms with Gasteiger partial charge in [0, 0.05) is 22.2 Å². The van der Waals surface area contributed by atoms with Gasteiger partial charge in [-0.3, -0.25) is 4.79 Å². The Morgan fingerprint density at radius 3 is 2.87 bits per heavy atom. The monoisotopic (exact) mass is 417 g/mol. The van der Waals surface area contributed by atoms with Crippen LogP contribution in [0.25, 0.3) is 22.3 Å². The van der Waals surface area contributed by atoms with Gasteiger partial charge in [-0.15, -0.1) is 0 Å². The molecule has 0 saturated heterocycles. The van der Waals surface area contributed by atoms with E-state index in [1.54, 1.807) is 17.6 Å². The molecule has 2 atom stereocenters. The molecule has 7 heteroatoms. The highest BCUT2D eigenvalue weighted by atomic mass is 16.6. The van der Waals surface area contributed by atoms with Crippen LogP contribution in [0.2, 0.25) is 0 Å². The van der Waals surface area contributed by atoms with Gasteiger partial charge < -0.3 is 20.1 Å². The number of nitrogen functional groups attached to an aromatic ring is 1. The van der Waals surface area contributed by atoms with Crippen LogP contribution in [0, 0.1) is 0 Å². The average Bonchev–Trinajstić information content (AvgIpc) is 3.13. The van der Waals surface area contributed by atoms with E-state index in [1.807, 2.05) is 12.1 Å². The van der Waals surface area contributed by atoms with Crippen molar-refractivity contribution in [1.82, 2.24) is 9.55 Å². The summed E-state index contributed by atoms with van der Waals surface area (Å²) in [5, 5.41) is 12.2. The summed E-state index contributed by atoms with van der Waals surface area (Å²) < 4.78 is 6.86. The maximum atomic E-state index is 13.4. The first-order valence-electron chi connectivity index (χ1n) is 10.8. The van der Waals surface area contributed by atoms with Crippen LogP contribution in [-0.4, -0.2) is 20.6 Å². The first-order valence-corrected chi connectivity index (χ1v) is 10.8. The molecule has 31 heavy (non-hydrogen) atoms. The largest absolute Gasteiger partial charge is 0.458 e. The number of cyclic esters (lactones) is 1. The van der Waals surface area contributed by atoms with Gasteiger partial charge in [0.1, 0.15) is 6.61 Å². The Morgan fingerprint density at radius 1 is 1.29 bits per heavy atom. The molecule has 0 unspecified atom stereocenters. The van der Waals surface area contributed by atoms with E-state index in [9.17, 15) is 14.7 Å². The number of rotatable bonds is 1. The SMILES string of the molecule is CC[C@@]1(O)C(=O)OCc2c1cc1n(c2=O)Cc2c-1nc1ccc(N)c3c1c2[C@@H](C)CC3. The van der Waals surface area contributed by atoms with E-state index in [-0.39, 0.29) is 18.6 Å². The number of hydrogen-bond acceptors (Lipinski definition) is 6. The fraction of sp³-hybridized carbons (Fsp3) is 0.375. The van der Waals surface area contributed by atoms with Gasteiger partial charge in [-0.2, -0.15) is 0 Å². The van der Waals surface area contributed by atoms with Crippen LogP contribution in [-0.2, 0) is 34.7 Å². The lowest BCUT2D eigenvalue weighted by molar-refractivity contribution is -0.172. The summed E-state index contributed by atoms with van der Waals surface area (Å²) >= 11 is 0. The molecule has 3 aliphatic rings. The molecule has 2 aliphatic heterocycles. The fourth-order valence-electron chi connectivity index (χ4n) is 5.61. The molecule has 0 fully saturated rings. The van der Waals surface area contributed by atoms with Gasteiger partial charge in [-0.1, -0.05) is 13.8 Å². The van der Waals surface area contributed by atoms with Crippen molar-refractivity contribution in [2.24, 2.45) is 0 Å². The van der Waals surface area contributed by atoms with E-state index in [0.717, 1.165) is 46.3 Å². The number of nitrogens with two attached hydrogens (primary N) is 1. The number of carbonyl (C=O) groups excluding carboxylic acids is 1. The average molecular weight is 417 g/mol. The molecule has 158 valence electrons. The number of hydrogen-bond donors (Lipinski definition) is 2. The number of aromatic nitrogens is 2. The van der Waals surface area contributed by atoms with Gasteiger partial charge in [-0.05, 0) is 54.5 Å². The zero-order chi connectivity index (χ0) is 21.7. The molecule has 2 aromatic heterocycles. The van der Waals surface area contributed by atoms with E-state index < -0.39 is 11.6 Å². The van der Waals surface area contributed by atoms with E-state index >= 15 is 0 Å². The summed E-state index contributed by atoms with van der Waals surface area (Å²) in [5.74, 6) is -0.383.